The summed E-state index contributed by atoms with van der Waals surface area (Å²) in [6, 6.07) is 10.3. The van der Waals surface area contributed by atoms with E-state index in [1.54, 1.807) is 0 Å². The van der Waals surface area contributed by atoms with Crippen LogP contribution >= 0.6 is 0 Å². The fourth-order valence-corrected chi connectivity index (χ4v) is 2.47. The van der Waals surface area contributed by atoms with Crippen molar-refractivity contribution in [1.82, 2.24) is 15.1 Å². The van der Waals surface area contributed by atoms with Crippen molar-refractivity contribution < 1.29 is 4.74 Å². The van der Waals surface area contributed by atoms with E-state index in [-0.39, 0.29) is 0 Å². The third kappa shape index (κ3) is 2.96. The Balaban J connectivity index is 1.39. The van der Waals surface area contributed by atoms with Gasteiger partial charge < -0.3 is 10.1 Å². The molecule has 4 heteroatoms. The molecule has 0 radical (unpaired) electrons. The number of nitrogens with zero attached hydrogens (tertiary/aromatic N) is 2. The Morgan fingerprint density at radius 3 is 3.16 bits per heavy atom. The van der Waals surface area contributed by atoms with Crippen LogP contribution in [0.25, 0.3) is 0 Å². The lowest BCUT2D eigenvalue weighted by atomic mass is 10.0. The van der Waals surface area contributed by atoms with E-state index in [4.69, 9.17) is 4.74 Å². The van der Waals surface area contributed by atoms with Gasteiger partial charge in [0.05, 0.1) is 6.61 Å². The number of benzene rings is 1. The summed E-state index contributed by atoms with van der Waals surface area (Å²) < 4.78 is 7.64. The molecule has 0 amide bonds. The highest BCUT2D eigenvalue weighted by Crippen LogP contribution is 2.32. The Labute approximate surface area is 113 Å². The monoisotopic (exact) mass is 257 g/mol. The molecular formula is C15H19N3O. The van der Waals surface area contributed by atoms with Crippen molar-refractivity contribution >= 4 is 0 Å². The van der Waals surface area contributed by atoms with Gasteiger partial charge in [0.2, 0.25) is 0 Å². The third-order valence-corrected chi connectivity index (χ3v) is 3.49. The minimum absolute atomic E-state index is 0.487. The van der Waals surface area contributed by atoms with Crippen molar-refractivity contribution in [3.63, 3.8) is 0 Å². The van der Waals surface area contributed by atoms with E-state index in [1.165, 1.54) is 5.56 Å². The Morgan fingerprint density at radius 2 is 2.26 bits per heavy atom. The lowest BCUT2D eigenvalue weighted by Crippen LogP contribution is -2.24. The summed E-state index contributed by atoms with van der Waals surface area (Å²) in [5.74, 6) is 1.53. The molecule has 0 fully saturated rings. The average Bonchev–Trinajstić information content (AvgIpc) is 3.08. The molecule has 3 rings (SSSR count). The highest BCUT2D eigenvalue weighted by atomic mass is 16.5. The summed E-state index contributed by atoms with van der Waals surface area (Å²) in [5, 5.41) is 7.70. The number of rotatable bonds is 6. The van der Waals surface area contributed by atoms with E-state index < -0.39 is 0 Å². The highest BCUT2D eigenvalue weighted by molar-refractivity contribution is 5.39. The summed E-state index contributed by atoms with van der Waals surface area (Å²) in [4.78, 5) is 0. The van der Waals surface area contributed by atoms with Gasteiger partial charge in [-0.25, -0.2) is 0 Å². The Morgan fingerprint density at radius 1 is 1.32 bits per heavy atom. The molecule has 0 spiro atoms. The fraction of sp³-hybridized carbons (Fsp3) is 0.400. The molecule has 2 aromatic rings. The molecule has 2 heterocycles. The number of para-hydroxylation sites is 1. The molecule has 0 saturated heterocycles. The Kier molecular flexibility index (Phi) is 3.79. The van der Waals surface area contributed by atoms with Gasteiger partial charge in [-0.15, -0.1) is 0 Å². The van der Waals surface area contributed by atoms with Crippen LogP contribution in [0.3, 0.4) is 0 Å². The molecule has 1 N–H and O–H groups in total. The maximum absolute atomic E-state index is 5.67. The van der Waals surface area contributed by atoms with E-state index in [0.717, 1.165) is 38.4 Å². The second-order valence-corrected chi connectivity index (χ2v) is 4.87. The normalized spacial score (nSPS) is 17.2. The maximum Gasteiger partial charge on any atom is 0.122 e. The summed E-state index contributed by atoms with van der Waals surface area (Å²) in [7, 11) is 0. The van der Waals surface area contributed by atoms with Gasteiger partial charge in [-0.05, 0) is 25.1 Å². The van der Waals surface area contributed by atoms with E-state index in [9.17, 15) is 0 Å². The van der Waals surface area contributed by atoms with Crippen molar-refractivity contribution in [2.24, 2.45) is 0 Å². The second kappa shape index (κ2) is 5.89. The number of hydrogen-bond donors (Lipinski definition) is 1. The quantitative estimate of drug-likeness (QED) is 0.805. The first-order valence-electron chi connectivity index (χ1n) is 6.83. The summed E-state index contributed by atoms with van der Waals surface area (Å²) in [6.45, 7) is 3.76. The SMILES string of the molecule is c1ccc2c(c1)OCC2CNCCCn1cccn1. The molecule has 1 aliphatic heterocycles. The summed E-state index contributed by atoms with van der Waals surface area (Å²) >= 11 is 0. The molecule has 1 aliphatic rings. The summed E-state index contributed by atoms with van der Waals surface area (Å²) in [5.41, 5.74) is 1.34. The molecule has 100 valence electrons. The molecule has 1 atom stereocenters. The van der Waals surface area contributed by atoms with Gasteiger partial charge in [-0.3, -0.25) is 4.68 Å². The predicted molar refractivity (Wildman–Crippen MR) is 74.4 cm³/mol. The average molecular weight is 257 g/mol. The van der Waals surface area contributed by atoms with Crippen molar-refractivity contribution in [2.75, 3.05) is 19.7 Å². The number of aromatic nitrogens is 2. The molecule has 1 aromatic carbocycles. The van der Waals surface area contributed by atoms with Crippen molar-refractivity contribution in [3.8, 4) is 5.75 Å². The van der Waals surface area contributed by atoms with Crippen LogP contribution in [0, 0.1) is 0 Å². The lowest BCUT2D eigenvalue weighted by molar-refractivity contribution is 0.326. The van der Waals surface area contributed by atoms with Gasteiger partial charge in [0.15, 0.2) is 0 Å². The van der Waals surface area contributed by atoms with Crippen molar-refractivity contribution in [3.05, 3.63) is 48.3 Å². The third-order valence-electron chi connectivity index (χ3n) is 3.49. The van der Waals surface area contributed by atoms with E-state index in [2.05, 4.69) is 22.5 Å². The van der Waals surface area contributed by atoms with Gasteiger partial charge in [0, 0.05) is 37.0 Å². The molecule has 0 bridgehead atoms. The molecule has 1 unspecified atom stereocenters. The van der Waals surface area contributed by atoms with Gasteiger partial charge in [0.1, 0.15) is 5.75 Å². The number of nitrogens with one attached hydrogen (secondary N) is 1. The zero-order valence-electron chi connectivity index (χ0n) is 11.0. The van der Waals surface area contributed by atoms with Gasteiger partial charge >= 0.3 is 0 Å². The maximum atomic E-state index is 5.67. The molecular weight excluding hydrogens is 238 g/mol. The zero-order chi connectivity index (χ0) is 12.9. The lowest BCUT2D eigenvalue weighted by Gasteiger charge is -2.10. The van der Waals surface area contributed by atoms with Gasteiger partial charge in [-0.1, -0.05) is 18.2 Å². The van der Waals surface area contributed by atoms with Crippen LogP contribution in [-0.2, 0) is 6.54 Å². The topological polar surface area (TPSA) is 39.1 Å². The second-order valence-electron chi connectivity index (χ2n) is 4.87. The van der Waals surface area contributed by atoms with Crippen molar-refractivity contribution in [1.29, 1.82) is 0 Å². The van der Waals surface area contributed by atoms with E-state index >= 15 is 0 Å². The summed E-state index contributed by atoms with van der Waals surface area (Å²) in [6.07, 6.45) is 4.91. The van der Waals surface area contributed by atoms with Crippen LogP contribution < -0.4 is 10.1 Å². The minimum Gasteiger partial charge on any atom is -0.493 e. The van der Waals surface area contributed by atoms with Crippen LogP contribution in [0.1, 0.15) is 17.9 Å². The predicted octanol–water partition coefficient (Wildman–Crippen LogP) is 2.04. The molecule has 19 heavy (non-hydrogen) atoms. The molecule has 4 nitrogen and oxygen atoms in total. The first kappa shape index (κ1) is 12.2. The Bertz CT molecular complexity index is 510. The number of ether oxygens (including phenoxy) is 1. The first-order chi connectivity index (χ1) is 9.43. The van der Waals surface area contributed by atoms with E-state index in [0.29, 0.717) is 5.92 Å². The molecule has 0 saturated carbocycles. The van der Waals surface area contributed by atoms with Gasteiger partial charge in [0.25, 0.3) is 0 Å². The minimum atomic E-state index is 0.487. The van der Waals surface area contributed by atoms with E-state index in [1.807, 2.05) is 35.3 Å². The van der Waals surface area contributed by atoms with Gasteiger partial charge in [-0.2, -0.15) is 5.10 Å². The zero-order valence-corrected chi connectivity index (χ0v) is 11.0. The Hall–Kier alpha value is -1.81. The first-order valence-corrected chi connectivity index (χ1v) is 6.83. The smallest absolute Gasteiger partial charge is 0.122 e. The van der Waals surface area contributed by atoms with Crippen LogP contribution in [-0.4, -0.2) is 29.5 Å². The highest BCUT2D eigenvalue weighted by Gasteiger charge is 2.22. The van der Waals surface area contributed by atoms with Crippen molar-refractivity contribution in [2.45, 2.75) is 18.9 Å². The van der Waals surface area contributed by atoms with Crippen LogP contribution in [0.15, 0.2) is 42.7 Å². The largest absolute Gasteiger partial charge is 0.493 e. The van der Waals surface area contributed by atoms with Crippen LogP contribution in [0.4, 0.5) is 0 Å². The molecule has 1 aromatic heterocycles. The molecule has 0 aliphatic carbocycles. The number of fused-ring (bicyclic) bond motifs is 1. The van der Waals surface area contributed by atoms with Crippen LogP contribution in [0.2, 0.25) is 0 Å². The fourth-order valence-electron chi connectivity index (χ4n) is 2.47. The number of hydrogen-bond acceptors (Lipinski definition) is 3. The number of aryl methyl sites for hydroxylation is 1. The standard InChI is InChI=1S/C15H19N3O/c1-2-6-15-14(5-1)13(12-19-15)11-16-7-3-9-18-10-4-8-17-18/h1-2,4-6,8,10,13,16H,3,7,9,11-12H2. The van der Waals surface area contributed by atoms with Crippen LogP contribution in [0.5, 0.6) is 5.75 Å².